The molecule has 0 saturated heterocycles. The molecule has 3 amide bonds. The van der Waals surface area contributed by atoms with Gasteiger partial charge in [0.25, 0.3) is 0 Å². The van der Waals surface area contributed by atoms with E-state index in [9.17, 15) is 22.8 Å². The predicted octanol–water partition coefficient (Wildman–Crippen LogP) is 3.35. The zero-order valence-electron chi connectivity index (χ0n) is 24.3. The molecule has 0 fully saturated rings. The van der Waals surface area contributed by atoms with Gasteiger partial charge in [-0.3, -0.25) is 14.4 Å². The van der Waals surface area contributed by atoms with Crippen LogP contribution in [0.2, 0.25) is 0 Å². The molecule has 0 heterocycles. The summed E-state index contributed by atoms with van der Waals surface area (Å²) in [5.74, 6) is -1.41. The fourth-order valence-electron chi connectivity index (χ4n) is 4.34. The molecule has 0 radical (unpaired) electrons. The lowest BCUT2D eigenvalue weighted by Gasteiger charge is -2.23. The Bertz CT molecular complexity index is 1480. The SMILES string of the molecule is Cc1ccc(S(=O)(=O)NC(CCC(=O)NC(C)(C)C)C(=O)NC(C)C(=O)NCCc2cccc3ccccc23)cc1. The maximum Gasteiger partial charge on any atom is 0.242 e. The molecule has 0 bridgehead atoms. The third kappa shape index (κ3) is 9.68. The normalized spacial score (nSPS) is 13.3. The molecule has 41 heavy (non-hydrogen) atoms. The average Bonchev–Trinajstić information content (AvgIpc) is 2.90. The van der Waals surface area contributed by atoms with Crippen molar-refractivity contribution in [2.75, 3.05) is 6.54 Å². The smallest absolute Gasteiger partial charge is 0.242 e. The lowest BCUT2D eigenvalue weighted by atomic mass is 10.0. The van der Waals surface area contributed by atoms with Crippen molar-refractivity contribution in [1.82, 2.24) is 20.7 Å². The Labute approximate surface area is 242 Å². The molecule has 3 aromatic rings. The van der Waals surface area contributed by atoms with Crippen molar-refractivity contribution in [1.29, 1.82) is 0 Å². The molecule has 9 nitrogen and oxygen atoms in total. The average molecular weight is 581 g/mol. The van der Waals surface area contributed by atoms with Crippen LogP contribution in [0.5, 0.6) is 0 Å². The van der Waals surface area contributed by atoms with E-state index >= 15 is 0 Å². The summed E-state index contributed by atoms with van der Waals surface area (Å²) in [5, 5.41) is 10.5. The predicted molar refractivity (Wildman–Crippen MR) is 161 cm³/mol. The quantitative estimate of drug-likeness (QED) is 0.261. The molecule has 3 aromatic carbocycles. The first-order chi connectivity index (χ1) is 19.2. The van der Waals surface area contributed by atoms with Crippen LogP contribution < -0.4 is 20.7 Å². The number of benzene rings is 3. The number of nitrogens with one attached hydrogen (secondary N) is 4. The number of hydrogen-bond donors (Lipinski definition) is 4. The van der Waals surface area contributed by atoms with E-state index in [0.717, 1.165) is 21.9 Å². The minimum Gasteiger partial charge on any atom is -0.354 e. The van der Waals surface area contributed by atoms with Gasteiger partial charge in [-0.2, -0.15) is 4.72 Å². The van der Waals surface area contributed by atoms with Crippen molar-refractivity contribution in [3.05, 3.63) is 77.9 Å². The highest BCUT2D eigenvalue weighted by Crippen LogP contribution is 2.18. The summed E-state index contributed by atoms with van der Waals surface area (Å²) in [4.78, 5) is 38.4. The molecule has 0 aliphatic rings. The van der Waals surface area contributed by atoms with Crippen molar-refractivity contribution >= 4 is 38.5 Å². The molecular formula is C31H40N4O5S. The number of amides is 3. The van der Waals surface area contributed by atoms with Gasteiger partial charge in [-0.1, -0.05) is 60.2 Å². The number of sulfonamides is 1. The lowest BCUT2D eigenvalue weighted by molar-refractivity contribution is -0.129. The fourth-order valence-corrected chi connectivity index (χ4v) is 5.57. The van der Waals surface area contributed by atoms with Gasteiger partial charge in [0.15, 0.2) is 0 Å². The van der Waals surface area contributed by atoms with E-state index in [0.29, 0.717) is 13.0 Å². The van der Waals surface area contributed by atoms with E-state index in [4.69, 9.17) is 0 Å². The largest absolute Gasteiger partial charge is 0.354 e. The number of rotatable bonds is 12. The number of hydrogen-bond acceptors (Lipinski definition) is 5. The van der Waals surface area contributed by atoms with Crippen LogP contribution in [-0.4, -0.2) is 50.3 Å². The minimum absolute atomic E-state index is 0.000675. The minimum atomic E-state index is -4.07. The summed E-state index contributed by atoms with van der Waals surface area (Å²) in [7, 11) is -4.07. The Hall–Kier alpha value is -3.76. The summed E-state index contributed by atoms with van der Waals surface area (Å²) in [5.41, 5.74) is 1.51. The Morgan fingerprint density at radius 2 is 1.54 bits per heavy atom. The monoisotopic (exact) mass is 580 g/mol. The first-order valence-electron chi connectivity index (χ1n) is 13.7. The van der Waals surface area contributed by atoms with Crippen LogP contribution in [0.25, 0.3) is 10.8 Å². The van der Waals surface area contributed by atoms with Crippen molar-refractivity contribution in [3.8, 4) is 0 Å². The van der Waals surface area contributed by atoms with Gasteiger partial charge >= 0.3 is 0 Å². The molecular weight excluding hydrogens is 540 g/mol. The number of fused-ring (bicyclic) bond motifs is 1. The maximum absolute atomic E-state index is 13.2. The molecule has 0 saturated carbocycles. The van der Waals surface area contributed by atoms with Gasteiger partial charge in [-0.05, 0) is 75.9 Å². The molecule has 2 atom stereocenters. The van der Waals surface area contributed by atoms with Crippen LogP contribution >= 0.6 is 0 Å². The van der Waals surface area contributed by atoms with Gasteiger partial charge in [0.2, 0.25) is 27.7 Å². The topological polar surface area (TPSA) is 133 Å². The Morgan fingerprint density at radius 1 is 0.878 bits per heavy atom. The van der Waals surface area contributed by atoms with Crippen molar-refractivity contribution in [2.45, 2.75) is 76.4 Å². The second-order valence-corrected chi connectivity index (χ2v) is 12.9. The van der Waals surface area contributed by atoms with E-state index in [1.807, 2.05) is 70.2 Å². The second kappa shape index (κ2) is 13.7. The molecule has 2 unspecified atom stereocenters. The van der Waals surface area contributed by atoms with E-state index in [1.54, 1.807) is 12.1 Å². The number of aryl methyl sites for hydroxylation is 1. The van der Waals surface area contributed by atoms with Gasteiger partial charge in [-0.15, -0.1) is 0 Å². The molecule has 0 aromatic heterocycles. The van der Waals surface area contributed by atoms with Gasteiger partial charge in [0, 0.05) is 18.5 Å². The first kappa shape index (κ1) is 31.8. The van der Waals surface area contributed by atoms with Crippen molar-refractivity contribution < 1.29 is 22.8 Å². The molecule has 220 valence electrons. The van der Waals surface area contributed by atoms with Gasteiger partial charge < -0.3 is 16.0 Å². The van der Waals surface area contributed by atoms with E-state index < -0.39 is 39.5 Å². The molecule has 0 spiro atoms. The molecule has 10 heteroatoms. The summed E-state index contributed by atoms with van der Waals surface area (Å²) in [6.07, 6.45) is 0.432. The van der Waals surface area contributed by atoms with Crippen LogP contribution in [0.1, 0.15) is 51.7 Å². The second-order valence-electron chi connectivity index (χ2n) is 11.2. The van der Waals surface area contributed by atoms with Crippen LogP contribution in [0, 0.1) is 6.92 Å². The highest BCUT2D eigenvalue weighted by atomic mass is 32.2. The zero-order chi connectivity index (χ0) is 30.2. The highest BCUT2D eigenvalue weighted by Gasteiger charge is 2.29. The third-order valence-corrected chi connectivity index (χ3v) is 7.93. The van der Waals surface area contributed by atoms with Crippen molar-refractivity contribution in [2.24, 2.45) is 0 Å². The van der Waals surface area contributed by atoms with E-state index in [1.165, 1.54) is 19.1 Å². The Morgan fingerprint density at radius 3 is 2.22 bits per heavy atom. The van der Waals surface area contributed by atoms with Gasteiger partial charge in [0.05, 0.1) is 4.90 Å². The summed E-state index contributed by atoms with van der Waals surface area (Å²) < 4.78 is 28.5. The number of carbonyl (C=O) groups excluding carboxylic acids is 3. The molecule has 4 N–H and O–H groups in total. The Kier molecular flexibility index (Phi) is 10.6. The summed E-state index contributed by atoms with van der Waals surface area (Å²) in [6, 6.07) is 18.1. The maximum atomic E-state index is 13.2. The molecule has 3 rings (SSSR count). The molecule has 0 aliphatic heterocycles. The standard InChI is InChI=1S/C31H40N4O5S/c1-21-13-15-25(16-14-21)41(39,40)35-27(17-18-28(36)34-31(3,4)5)30(38)33-22(2)29(37)32-20-19-24-11-8-10-23-9-6-7-12-26(23)24/h6-16,22,27,35H,17-20H2,1-5H3,(H,32,37)(H,33,38)(H,34,36). The lowest BCUT2D eigenvalue weighted by Crippen LogP contribution is -2.53. The van der Waals surface area contributed by atoms with Crippen LogP contribution in [0.3, 0.4) is 0 Å². The third-order valence-electron chi connectivity index (χ3n) is 6.45. The van der Waals surface area contributed by atoms with Crippen LogP contribution in [0.15, 0.2) is 71.6 Å². The zero-order valence-corrected chi connectivity index (χ0v) is 25.1. The fraction of sp³-hybridized carbons (Fsp3) is 0.387. The first-order valence-corrected chi connectivity index (χ1v) is 15.2. The van der Waals surface area contributed by atoms with Gasteiger partial charge in [0.1, 0.15) is 12.1 Å². The van der Waals surface area contributed by atoms with E-state index in [2.05, 4.69) is 20.7 Å². The number of carbonyl (C=O) groups is 3. The summed E-state index contributed by atoms with van der Waals surface area (Å²) >= 11 is 0. The van der Waals surface area contributed by atoms with E-state index in [-0.39, 0.29) is 23.6 Å². The Balaban J connectivity index is 1.64. The summed E-state index contributed by atoms with van der Waals surface area (Å²) in [6.45, 7) is 9.22. The van der Waals surface area contributed by atoms with Crippen LogP contribution in [0.4, 0.5) is 0 Å². The molecule has 0 aliphatic carbocycles. The van der Waals surface area contributed by atoms with Crippen LogP contribution in [-0.2, 0) is 30.8 Å². The van der Waals surface area contributed by atoms with Crippen molar-refractivity contribution in [3.63, 3.8) is 0 Å². The highest BCUT2D eigenvalue weighted by molar-refractivity contribution is 7.89. The van der Waals surface area contributed by atoms with Gasteiger partial charge in [-0.25, -0.2) is 8.42 Å².